The van der Waals surface area contributed by atoms with E-state index in [0.29, 0.717) is 24.2 Å². The summed E-state index contributed by atoms with van der Waals surface area (Å²) in [6.45, 7) is 4.51. The summed E-state index contributed by atoms with van der Waals surface area (Å²) in [4.78, 5) is 19.4. The maximum Gasteiger partial charge on any atom is 0.240 e. The third kappa shape index (κ3) is 5.94. The molecule has 8 heteroatoms. The van der Waals surface area contributed by atoms with Crippen molar-refractivity contribution in [1.82, 2.24) is 20.1 Å². The third-order valence-electron chi connectivity index (χ3n) is 5.32. The number of pyridine rings is 1. The van der Waals surface area contributed by atoms with Crippen LogP contribution in [0.15, 0.2) is 42.5 Å². The van der Waals surface area contributed by atoms with Gasteiger partial charge in [0, 0.05) is 31.0 Å². The molecular formula is C23H27N5O2S. The lowest BCUT2D eigenvalue weighted by molar-refractivity contribution is -0.117. The number of benzene rings is 1. The molecular weight excluding hydrogens is 410 g/mol. The minimum absolute atomic E-state index is 0.0669. The van der Waals surface area contributed by atoms with Gasteiger partial charge < -0.3 is 4.74 Å². The number of hydrogen-bond donors (Lipinski definition) is 1. The first-order chi connectivity index (χ1) is 15.1. The molecule has 0 unspecified atom stereocenters. The molecule has 0 spiro atoms. The standard InChI is InChI=1S/C23H27N5O2S/c1-16-10-18(11-17-6-4-3-5-7-17)12-20(24-16)19-8-9-28(13-19)14-21(29)25-23-27-26-22(31-23)15-30-2/h3-7,10,12,19H,8-9,11,13-15H2,1-2H3,(H,25,27,29)/t19-/m1/s1. The van der Waals surface area contributed by atoms with E-state index in [9.17, 15) is 4.79 Å². The van der Waals surface area contributed by atoms with Gasteiger partial charge in [0.05, 0.1) is 6.54 Å². The van der Waals surface area contributed by atoms with E-state index >= 15 is 0 Å². The summed E-state index contributed by atoms with van der Waals surface area (Å²) in [6.07, 6.45) is 1.91. The van der Waals surface area contributed by atoms with E-state index in [0.717, 1.165) is 42.3 Å². The summed E-state index contributed by atoms with van der Waals surface area (Å²) in [5.74, 6) is 0.278. The first kappa shape index (κ1) is 21.5. The second-order valence-corrected chi connectivity index (χ2v) is 8.97. The van der Waals surface area contributed by atoms with E-state index < -0.39 is 0 Å². The van der Waals surface area contributed by atoms with Crippen LogP contribution in [0, 0.1) is 6.92 Å². The van der Waals surface area contributed by atoms with Crippen molar-refractivity contribution < 1.29 is 9.53 Å². The van der Waals surface area contributed by atoms with Crippen LogP contribution in [0.5, 0.6) is 0 Å². The first-order valence-electron chi connectivity index (χ1n) is 10.4. The van der Waals surface area contributed by atoms with Gasteiger partial charge in [-0.1, -0.05) is 41.7 Å². The molecule has 0 aliphatic carbocycles. The van der Waals surface area contributed by atoms with Crippen LogP contribution < -0.4 is 5.32 Å². The molecule has 1 aromatic carbocycles. The van der Waals surface area contributed by atoms with E-state index in [4.69, 9.17) is 9.72 Å². The van der Waals surface area contributed by atoms with Gasteiger partial charge in [-0.3, -0.25) is 20.0 Å². The number of ether oxygens (including phenoxy) is 1. The number of carbonyl (C=O) groups excluding carboxylic acids is 1. The maximum absolute atomic E-state index is 12.4. The lowest BCUT2D eigenvalue weighted by Crippen LogP contribution is -2.31. The van der Waals surface area contributed by atoms with Crippen molar-refractivity contribution in [3.8, 4) is 0 Å². The summed E-state index contributed by atoms with van der Waals surface area (Å²) >= 11 is 1.34. The highest BCUT2D eigenvalue weighted by Crippen LogP contribution is 2.27. The number of aromatic nitrogens is 3. The van der Waals surface area contributed by atoms with Crippen LogP contribution in [-0.2, 0) is 22.6 Å². The minimum atomic E-state index is -0.0669. The molecule has 3 aromatic rings. The average molecular weight is 438 g/mol. The topological polar surface area (TPSA) is 80.2 Å². The summed E-state index contributed by atoms with van der Waals surface area (Å²) < 4.78 is 5.04. The highest BCUT2D eigenvalue weighted by molar-refractivity contribution is 7.15. The zero-order chi connectivity index (χ0) is 21.6. The molecule has 31 heavy (non-hydrogen) atoms. The van der Waals surface area contributed by atoms with Crippen LogP contribution in [0.25, 0.3) is 0 Å². The molecule has 0 radical (unpaired) electrons. The molecule has 0 saturated carbocycles. The Morgan fingerprint density at radius 2 is 2.06 bits per heavy atom. The van der Waals surface area contributed by atoms with Gasteiger partial charge in [0.25, 0.3) is 0 Å². The van der Waals surface area contributed by atoms with Gasteiger partial charge in [-0.15, -0.1) is 10.2 Å². The quantitative estimate of drug-likeness (QED) is 0.582. The van der Waals surface area contributed by atoms with Crippen LogP contribution in [0.1, 0.15) is 39.9 Å². The molecule has 1 aliphatic rings. The van der Waals surface area contributed by atoms with Crippen LogP contribution >= 0.6 is 11.3 Å². The molecule has 4 rings (SSSR count). The van der Waals surface area contributed by atoms with Gasteiger partial charge in [-0.05, 0) is 49.6 Å². The Labute approximate surface area is 186 Å². The number of hydrogen-bond acceptors (Lipinski definition) is 7. The van der Waals surface area contributed by atoms with E-state index in [2.05, 4.69) is 63.7 Å². The lowest BCUT2D eigenvalue weighted by atomic mass is 9.98. The minimum Gasteiger partial charge on any atom is -0.377 e. The Morgan fingerprint density at radius 1 is 1.23 bits per heavy atom. The monoisotopic (exact) mass is 437 g/mol. The fourth-order valence-corrected chi connectivity index (χ4v) is 4.70. The lowest BCUT2D eigenvalue weighted by Gasteiger charge is -2.16. The number of nitrogens with zero attached hydrogens (tertiary/aromatic N) is 4. The third-order valence-corrected chi connectivity index (χ3v) is 6.14. The number of amides is 1. The van der Waals surface area contributed by atoms with Crippen LogP contribution in [0.2, 0.25) is 0 Å². The van der Waals surface area contributed by atoms with Crippen LogP contribution in [0.4, 0.5) is 5.13 Å². The molecule has 1 fully saturated rings. The van der Waals surface area contributed by atoms with Crippen molar-refractivity contribution in [2.75, 3.05) is 32.1 Å². The van der Waals surface area contributed by atoms with E-state index in [1.54, 1.807) is 7.11 Å². The molecule has 1 aliphatic heterocycles. The summed E-state index contributed by atoms with van der Waals surface area (Å²) in [5, 5.41) is 12.1. The largest absolute Gasteiger partial charge is 0.377 e. The van der Waals surface area contributed by atoms with Crippen LogP contribution in [0.3, 0.4) is 0 Å². The normalized spacial score (nSPS) is 16.5. The molecule has 1 N–H and O–H groups in total. The van der Waals surface area contributed by atoms with E-state index in [1.165, 1.54) is 22.5 Å². The summed E-state index contributed by atoms with van der Waals surface area (Å²) in [7, 11) is 1.61. The molecule has 1 amide bonds. The van der Waals surface area contributed by atoms with Gasteiger partial charge in [0.2, 0.25) is 11.0 Å². The Kier molecular flexibility index (Phi) is 7.01. The number of rotatable bonds is 8. The molecule has 2 aromatic heterocycles. The van der Waals surface area contributed by atoms with Crippen molar-refractivity contribution in [3.63, 3.8) is 0 Å². The number of aryl methyl sites for hydroxylation is 1. The van der Waals surface area contributed by atoms with Crippen molar-refractivity contribution >= 4 is 22.4 Å². The number of methoxy groups -OCH3 is 1. The number of carbonyl (C=O) groups is 1. The summed E-state index contributed by atoms with van der Waals surface area (Å²) in [5.41, 5.74) is 4.76. The Balaban J connectivity index is 1.34. The Morgan fingerprint density at radius 3 is 2.87 bits per heavy atom. The summed E-state index contributed by atoms with van der Waals surface area (Å²) in [6, 6.07) is 14.9. The maximum atomic E-state index is 12.4. The second kappa shape index (κ2) is 10.1. The molecule has 0 bridgehead atoms. The highest BCUT2D eigenvalue weighted by Gasteiger charge is 2.27. The molecule has 7 nitrogen and oxygen atoms in total. The molecule has 1 saturated heterocycles. The SMILES string of the molecule is COCc1nnc(NC(=O)CN2CC[C@@H](c3cc(Cc4ccccc4)cc(C)n3)C2)s1. The zero-order valence-electron chi connectivity index (χ0n) is 17.9. The van der Waals surface area contributed by atoms with Crippen molar-refractivity contribution in [2.24, 2.45) is 0 Å². The van der Waals surface area contributed by atoms with E-state index in [-0.39, 0.29) is 5.91 Å². The smallest absolute Gasteiger partial charge is 0.240 e. The highest BCUT2D eigenvalue weighted by atomic mass is 32.1. The Hall–Kier alpha value is -2.68. The molecule has 1 atom stereocenters. The van der Waals surface area contributed by atoms with Crippen molar-refractivity contribution in [3.05, 3.63) is 70.0 Å². The van der Waals surface area contributed by atoms with E-state index in [1.807, 2.05) is 6.07 Å². The number of likely N-dealkylation sites (tertiary alicyclic amines) is 1. The number of nitrogens with one attached hydrogen (secondary N) is 1. The van der Waals surface area contributed by atoms with Crippen molar-refractivity contribution in [2.45, 2.75) is 32.3 Å². The van der Waals surface area contributed by atoms with Gasteiger partial charge in [0.1, 0.15) is 11.6 Å². The predicted octanol–water partition coefficient (Wildman–Crippen LogP) is 3.41. The second-order valence-electron chi connectivity index (χ2n) is 7.91. The predicted molar refractivity (Wildman–Crippen MR) is 121 cm³/mol. The van der Waals surface area contributed by atoms with Gasteiger partial charge in [-0.2, -0.15) is 0 Å². The van der Waals surface area contributed by atoms with Crippen molar-refractivity contribution in [1.29, 1.82) is 0 Å². The van der Waals surface area contributed by atoms with Gasteiger partial charge >= 0.3 is 0 Å². The molecule has 162 valence electrons. The number of anilines is 1. The fourth-order valence-electron chi connectivity index (χ4n) is 3.98. The van der Waals surface area contributed by atoms with Gasteiger partial charge in [-0.25, -0.2) is 0 Å². The fraction of sp³-hybridized carbons (Fsp3) is 0.391. The molecule has 3 heterocycles. The van der Waals surface area contributed by atoms with Crippen LogP contribution in [-0.4, -0.2) is 52.7 Å². The Bertz CT molecular complexity index is 1020. The average Bonchev–Trinajstić information content (AvgIpc) is 3.38. The zero-order valence-corrected chi connectivity index (χ0v) is 18.7. The van der Waals surface area contributed by atoms with Gasteiger partial charge in [0.15, 0.2) is 0 Å². The first-order valence-corrected chi connectivity index (χ1v) is 11.3.